The average Bonchev–Trinajstić information content (AvgIpc) is 2.92. The zero-order valence-electron chi connectivity index (χ0n) is 13.3. The van der Waals surface area contributed by atoms with E-state index in [1.165, 1.54) is 5.56 Å². The van der Waals surface area contributed by atoms with E-state index in [4.69, 9.17) is 13.9 Å². The van der Waals surface area contributed by atoms with Crippen molar-refractivity contribution in [2.45, 2.75) is 33.0 Å². The lowest BCUT2D eigenvalue weighted by molar-refractivity contribution is -0.147. The molecule has 22 heavy (non-hydrogen) atoms. The molecule has 1 aromatic heterocycles. The maximum absolute atomic E-state index is 5.88. The summed E-state index contributed by atoms with van der Waals surface area (Å²) in [5.41, 5.74) is 3.04. The van der Waals surface area contributed by atoms with Gasteiger partial charge in [-0.2, -0.15) is 0 Å². The number of hydrogen-bond acceptors (Lipinski definition) is 3. The number of benzene rings is 2. The molecule has 1 atom stereocenters. The van der Waals surface area contributed by atoms with E-state index in [1.807, 2.05) is 38.1 Å². The summed E-state index contributed by atoms with van der Waals surface area (Å²) in [6, 6.07) is 14.5. The van der Waals surface area contributed by atoms with Gasteiger partial charge in [0, 0.05) is 29.9 Å². The molecule has 3 heteroatoms. The zero-order valence-corrected chi connectivity index (χ0v) is 13.3. The van der Waals surface area contributed by atoms with Crippen molar-refractivity contribution in [3.63, 3.8) is 0 Å². The monoisotopic (exact) mass is 298 g/mol. The second-order valence-electron chi connectivity index (χ2n) is 5.42. The Kier molecular flexibility index (Phi) is 4.46. The average molecular weight is 298 g/mol. The molecule has 0 aliphatic heterocycles. The minimum Gasteiger partial charge on any atom is -0.456 e. The van der Waals surface area contributed by atoms with E-state index >= 15 is 0 Å². The number of fused-ring (bicyclic) bond motifs is 3. The Balaban J connectivity index is 2.01. The van der Waals surface area contributed by atoms with Crippen LogP contribution in [-0.4, -0.2) is 19.5 Å². The van der Waals surface area contributed by atoms with Crippen molar-refractivity contribution >= 4 is 21.9 Å². The van der Waals surface area contributed by atoms with E-state index in [-0.39, 0.29) is 12.2 Å². The lowest BCUT2D eigenvalue weighted by Crippen LogP contribution is -2.24. The molecule has 2 aromatic carbocycles. The Morgan fingerprint density at radius 3 is 2.32 bits per heavy atom. The smallest absolute Gasteiger partial charge is 0.164 e. The van der Waals surface area contributed by atoms with E-state index in [0.29, 0.717) is 13.2 Å². The second-order valence-corrected chi connectivity index (χ2v) is 5.42. The van der Waals surface area contributed by atoms with E-state index in [2.05, 4.69) is 25.1 Å². The van der Waals surface area contributed by atoms with Crippen LogP contribution in [0.1, 0.15) is 32.3 Å². The van der Waals surface area contributed by atoms with Gasteiger partial charge in [-0.3, -0.25) is 0 Å². The lowest BCUT2D eigenvalue weighted by atomic mass is 9.98. The fourth-order valence-electron chi connectivity index (χ4n) is 2.85. The number of furan rings is 1. The first-order valence-electron chi connectivity index (χ1n) is 7.89. The van der Waals surface area contributed by atoms with Crippen molar-refractivity contribution in [2.24, 2.45) is 0 Å². The van der Waals surface area contributed by atoms with Crippen LogP contribution in [0.2, 0.25) is 0 Å². The van der Waals surface area contributed by atoms with Gasteiger partial charge in [0.2, 0.25) is 0 Å². The fraction of sp³-hybridized carbons (Fsp3) is 0.368. The molecule has 0 aliphatic carbocycles. The molecule has 0 aliphatic rings. The zero-order chi connectivity index (χ0) is 15.5. The summed E-state index contributed by atoms with van der Waals surface area (Å²) in [4.78, 5) is 0. The Bertz CT molecular complexity index is 754. The highest BCUT2D eigenvalue weighted by molar-refractivity contribution is 6.05. The van der Waals surface area contributed by atoms with Gasteiger partial charge in [0.1, 0.15) is 11.2 Å². The molecule has 0 spiro atoms. The van der Waals surface area contributed by atoms with Gasteiger partial charge in [-0.1, -0.05) is 31.2 Å². The first kappa shape index (κ1) is 15.1. The summed E-state index contributed by atoms with van der Waals surface area (Å²) in [7, 11) is 0. The maximum atomic E-state index is 5.88. The van der Waals surface area contributed by atoms with E-state index in [9.17, 15) is 0 Å². The molecular formula is C19H22O3. The van der Waals surface area contributed by atoms with Crippen LogP contribution in [0.4, 0.5) is 0 Å². The molecule has 1 unspecified atom stereocenters. The maximum Gasteiger partial charge on any atom is 0.164 e. The molecule has 3 aromatic rings. The first-order valence-corrected chi connectivity index (χ1v) is 7.89. The Morgan fingerprint density at radius 2 is 1.59 bits per heavy atom. The van der Waals surface area contributed by atoms with Gasteiger partial charge in [0.15, 0.2) is 6.29 Å². The third kappa shape index (κ3) is 2.74. The molecular weight excluding hydrogens is 276 g/mol. The van der Waals surface area contributed by atoms with Crippen molar-refractivity contribution in [1.29, 1.82) is 0 Å². The van der Waals surface area contributed by atoms with Crippen molar-refractivity contribution in [2.75, 3.05) is 13.2 Å². The summed E-state index contributed by atoms with van der Waals surface area (Å²) in [6.45, 7) is 7.41. The minimum atomic E-state index is -0.217. The van der Waals surface area contributed by atoms with Gasteiger partial charge in [-0.25, -0.2) is 0 Å². The highest BCUT2D eigenvalue weighted by atomic mass is 16.7. The van der Waals surface area contributed by atoms with Crippen molar-refractivity contribution < 1.29 is 13.9 Å². The van der Waals surface area contributed by atoms with Crippen LogP contribution in [0.25, 0.3) is 21.9 Å². The number of para-hydroxylation sites is 1. The molecule has 0 saturated carbocycles. The number of ether oxygens (including phenoxy) is 2. The quantitative estimate of drug-likeness (QED) is 0.594. The number of rotatable bonds is 6. The summed E-state index contributed by atoms with van der Waals surface area (Å²) < 4.78 is 17.3. The molecule has 0 amide bonds. The van der Waals surface area contributed by atoms with E-state index < -0.39 is 0 Å². The fourth-order valence-corrected chi connectivity index (χ4v) is 2.85. The number of hydrogen-bond donors (Lipinski definition) is 0. The first-order chi connectivity index (χ1) is 10.7. The Morgan fingerprint density at radius 1 is 0.909 bits per heavy atom. The lowest BCUT2D eigenvalue weighted by Gasteiger charge is -2.24. The molecule has 0 fully saturated rings. The van der Waals surface area contributed by atoms with E-state index in [0.717, 1.165) is 21.9 Å². The van der Waals surface area contributed by atoms with Gasteiger partial charge < -0.3 is 13.9 Å². The van der Waals surface area contributed by atoms with Crippen LogP contribution in [0.15, 0.2) is 46.9 Å². The van der Waals surface area contributed by atoms with Crippen LogP contribution in [0, 0.1) is 0 Å². The van der Waals surface area contributed by atoms with Crippen molar-refractivity contribution in [1.82, 2.24) is 0 Å². The predicted octanol–water partition coefficient (Wildman–Crippen LogP) is 5.09. The van der Waals surface area contributed by atoms with Crippen molar-refractivity contribution in [3.05, 3.63) is 48.0 Å². The topological polar surface area (TPSA) is 31.6 Å². The van der Waals surface area contributed by atoms with E-state index in [1.54, 1.807) is 0 Å². The van der Waals surface area contributed by atoms with Crippen LogP contribution in [0.3, 0.4) is 0 Å². The predicted molar refractivity (Wildman–Crippen MR) is 89.2 cm³/mol. The van der Waals surface area contributed by atoms with Crippen LogP contribution >= 0.6 is 0 Å². The third-order valence-electron chi connectivity index (χ3n) is 4.00. The summed E-state index contributed by atoms with van der Waals surface area (Å²) in [6.07, 6.45) is -0.217. The molecule has 0 radical (unpaired) electrons. The Hall–Kier alpha value is -1.84. The third-order valence-corrected chi connectivity index (χ3v) is 4.00. The summed E-state index contributed by atoms with van der Waals surface area (Å²) in [5.74, 6) is 0.165. The molecule has 0 N–H and O–H groups in total. The molecule has 1 heterocycles. The minimum absolute atomic E-state index is 0.165. The molecule has 0 bridgehead atoms. The molecule has 0 saturated heterocycles. The van der Waals surface area contributed by atoms with Gasteiger partial charge in [0.05, 0.1) is 0 Å². The Labute approximate surface area is 130 Å². The molecule has 116 valence electrons. The van der Waals surface area contributed by atoms with Gasteiger partial charge in [-0.15, -0.1) is 0 Å². The summed E-state index contributed by atoms with van der Waals surface area (Å²) in [5, 5.41) is 2.29. The van der Waals surface area contributed by atoms with Crippen LogP contribution in [-0.2, 0) is 9.47 Å². The van der Waals surface area contributed by atoms with Crippen molar-refractivity contribution in [3.8, 4) is 0 Å². The summed E-state index contributed by atoms with van der Waals surface area (Å²) >= 11 is 0. The van der Waals surface area contributed by atoms with Gasteiger partial charge in [-0.05, 0) is 37.6 Å². The van der Waals surface area contributed by atoms with Crippen LogP contribution < -0.4 is 0 Å². The highest BCUT2D eigenvalue weighted by Crippen LogP contribution is 2.32. The van der Waals surface area contributed by atoms with Gasteiger partial charge in [0.25, 0.3) is 0 Å². The SMILES string of the molecule is CCOC(OCC)C(C)c1ccc2oc3ccccc3c2c1. The molecule has 3 nitrogen and oxygen atoms in total. The largest absolute Gasteiger partial charge is 0.456 e. The molecule has 3 rings (SSSR count). The highest BCUT2D eigenvalue weighted by Gasteiger charge is 2.20. The van der Waals surface area contributed by atoms with Gasteiger partial charge >= 0.3 is 0 Å². The second kappa shape index (κ2) is 6.51. The standard InChI is InChI=1S/C19H22O3/c1-4-20-19(21-5-2)13(3)14-10-11-18-16(12-14)15-8-6-7-9-17(15)22-18/h6-13,19H,4-5H2,1-3H3. The normalized spacial score (nSPS) is 13.3. The van der Waals surface area contributed by atoms with Crippen LogP contribution in [0.5, 0.6) is 0 Å².